The number of nitrogens with one attached hydrogen (secondary N) is 1. The van der Waals surface area contributed by atoms with Crippen LogP contribution < -0.4 is 5.32 Å². The fraction of sp³-hybridized carbons (Fsp3) is 0.500. The van der Waals surface area contributed by atoms with E-state index in [1.807, 2.05) is 5.51 Å². The normalized spacial score (nSPS) is 13.4. The molecule has 0 radical (unpaired) electrons. The van der Waals surface area contributed by atoms with Crippen LogP contribution in [0.4, 0.5) is 0 Å². The van der Waals surface area contributed by atoms with Gasteiger partial charge in [-0.05, 0) is 36.4 Å². The lowest BCUT2D eigenvalue weighted by molar-refractivity contribution is 0.585. The third kappa shape index (κ3) is 3.92. The monoisotopic (exact) mass is 302 g/mol. The average Bonchev–Trinajstić information content (AvgIpc) is 2.85. The van der Waals surface area contributed by atoms with Gasteiger partial charge >= 0.3 is 0 Å². The van der Waals surface area contributed by atoms with Gasteiger partial charge in [0.25, 0.3) is 0 Å². The number of thiazole rings is 1. The second-order valence-electron chi connectivity index (χ2n) is 6.56. The Kier molecular flexibility index (Phi) is 5.17. The fourth-order valence-corrected chi connectivity index (χ4v) is 3.32. The Morgan fingerprint density at radius 1 is 1.19 bits per heavy atom. The third-order valence-corrected chi connectivity index (χ3v) is 4.75. The molecular formula is C18H26N2S. The Hall–Kier alpha value is -1.19. The maximum absolute atomic E-state index is 4.41. The van der Waals surface area contributed by atoms with Gasteiger partial charge < -0.3 is 5.32 Å². The van der Waals surface area contributed by atoms with Gasteiger partial charge in [0.1, 0.15) is 0 Å². The highest BCUT2D eigenvalue weighted by Crippen LogP contribution is 2.30. The summed E-state index contributed by atoms with van der Waals surface area (Å²) in [5.74, 6) is 0. The summed E-state index contributed by atoms with van der Waals surface area (Å²) in [6.07, 6.45) is 1.13. The predicted octanol–water partition coefficient (Wildman–Crippen LogP) is 4.84. The van der Waals surface area contributed by atoms with Gasteiger partial charge in [0.15, 0.2) is 0 Å². The van der Waals surface area contributed by atoms with E-state index in [0.717, 1.165) is 18.7 Å². The molecule has 2 nitrogen and oxygen atoms in total. The van der Waals surface area contributed by atoms with Crippen molar-refractivity contribution in [1.29, 1.82) is 0 Å². The van der Waals surface area contributed by atoms with Crippen LogP contribution in [0, 0.1) is 6.92 Å². The summed E-state index contributed by atoms with van der Waals surface area (Å²) in [5, 5.41) is 3.66. The second kappa shape index (κ2) is 6.71. The number of rotatable bonds is 5. The lowest BCUT2D eigenvalue weighted by Crippen LogP contribution is -2.23. The molecule has 0 aliphatic heterocycles. The Bertz CT molecular complexity index is 564. The predicted molar refractivity (Wildman–Crippen MR) is 92.1 cm³/mol. The summed E-state index contributed by atoms with van der Waals surface area (Å²) in [7, 11) is 0. The average molecular weight is 302 g/mol. The fourth-order valence-electron chi connectivity index (χ4n) is 2.41. The van der Waals surface area contributed by atoms with E-state index in [4.69, 9.17) is 0 Å². The number of nitrogens with zero attached hydrogens (tertiary/aromatic N) is 1. The van der Waals surface area contributed by atoms with Crippen LogP contribution >= 0.6 is 11.3 Å². The Morgan fingerprint density at radius 3 is 2.33 bits per heavy atom. The molecule has 114 valence electrons. The van der Waals surface area contributed by atoms with E-state index in [1.165, 1.54) is 16.0 Å². The van der Waals surface area contributed by atoms with Crippen molar-refractivity contribution in [2.24, 2.45) is 0 Å². The van der Waals surface area contributed by atoms with E-state index in [-0.39, 0.29) is 11.5 Å². The Morgan fingerprint density at radius 2 is 1.86 bits per heavy atom. The lowest BCUT2D eigenvalue weighted by Gasteiger charge is -2.22. The Balaban J connectivity index is 2.31. The third-order valence-electron chi connectivity index (χ3n) is 3.75. The van der Waals surface area contributed by atoms with Crippen LogP contribution in [0.3, 0.4) is 0 Å². The highest BCUT2D eigenvalue weighted by Gasteiger charge is 2.19. The van der Waals surface area contributed by atoms with Crippen molar-refractivity contribution in [3.8, 4) is 0 Å². The van der Waals surface area contributed by atoms with Gasteiger partial charge in [0, 0.05) is 4.88 Å². The van der Waals surface area contributed by atoms with Gasteiger partial charge in [0.05, 0.1) is 17.2 Å². The zero-order valence-electron chi connectivity index (χ0n) is 13.7. The molecule has 0 spiro atoms. The molecule has 0 aliphatic rings. The summed E-state index contributed by atoms with van der Waals surface area (Å²) >= 11 is 1.74. The van der Waals surface area contributed by atoms with Gasteiger partial charge in [-0.25, -0.2) is 4.98 Å². The minimum Gasteiger partial charge on any atom is -0.306 e. The van der Waals surface area contributed by atoms with E-state index >= 15 is 0 Å². The lowest BCUT2D eigenvalue weighted by atomic mass is 9.86. The van der Waals surface area contributed by atoms with Gasteiger partial charge in [0.2, 0.25) is 0 Å². The van der Waals surface area contributed by atoms with E-state index in [1.54, 1.807) is 11.3 Å². The molecule has 1 aromatic heterocycles. The highest BCUT2D eigenvalue weighted by atomic mass is 32.1. The van der Waals surface area contributed by atoms with Crippen LogP contribution in [0.25, 0.3) is 0 Å². The van der Waals surface area contributed by atoms with E-state index in [9.17, 15) is 0 Å². The van der Waals surface area contributed by atoms with Crippen LogP contribution in [0.1, 0.15) is 61.9 Å². The van der Waals surface area contributed by atoms with Crippen molar-refractivity contribution in [2.75, 3.05) is 6.54 Å². The summed E-state index contributed by atoms with van der Waals surface area (Å²) in [4.78, 5) is 5.73. The van der Waals surface area contributed by atoms with Gasteiger partial charge in [-0.1, -0.05) is 52.0 Å². The molecule has 0 saturated carbocycles. The SMILES string of the molecule is CCCNC(c1ccc(C(C)(C)C)cc1)c1scnc1C. The number of aryl methyl sites for hydroxylation is 1. The summed E-state index contributed by atoms with van der Waals surface area (Å²) in [6, 6.07) is 9.28. The molecule has 0 fully saturated rings. The molecule has 2 aromatic rings. The molecule has 0 aliphatic carbocycles. The topological polar surface area (TPSA) is 24.9 Å². The van der Waals surface area contributed by atoms with Crippen molar-refractivity contribution in [3.05, 3.63) is 51.5 Å². The molecule has 21 heavy (non-hydrogen) atoms. The molecular weight excluding hydrogens is 276 g/mol. The molecule has 0 amide bonds. The van der Waals surface area contributed by atoms with Crippen LogP contribution in [0.2, 0.25) is 0 Å². The van der Waals surface area contributed by atoms with E-state index in [0.29, 0.717) is 0 Å². The molecule has 1 aromatic carbocycles. The largest absolute Gasteiger partial charge is 0.306 e. The summed E-state index contributed by atoms with van der Waals surface area (Å²) in [6.45, 7) is 12.1. The van der Waals surface area contributed by atoms with Crippen LogP contribution in [0.5, 0.6) is 0 Å². The zero-order valence-corrected chi connectivity index (χ0v) is 14.6. The smallest absolute Gasteiger partial charge is 0.0798 e. The van der Waals surface area contributed by atoms with Gasteiger partial charge in [-0.2, -0.15) is 0 Å². The molecule has 3 heteroatoms. The first-order valence-electron chi connectivity index (χ1n) is 7.67. The minimum atomic E-state index is 0.200. The first-order valence-corrected chi connectivity index (χ1v) is 8.55. The second-order valence-corrected chi connectivity index (χ2v) is 7.45. The number of hydrogen-bond donors (Lipinski definition) is 1. The van der Waals surface area contributed by atoms with Crippen molar-refractivity contribution in [3.63, 3.8) is 0 Å². The first kappa shape index (κ1) is 16.2. The maximum Gasteiger partial charge on any atom is 0.0798 e. The van der Waals surface area contributed by atoms with Gasteiger partial charge in [-0.3, -0.25) is 0 Å². The van der Waals surface area contributed by atoms with Crippen molar-refractivity contribution < 1.29 is 0 Å². The van der Waals surface area contributed by atoms with Crippen molar-refractivity contribution in [1.82, 2.24) is 10.3 Å². The quantitative estimate of drug-likeness (QED) is 0.855. The summed E-state index contributed by atoms with van der Waals surface area (Å²) < 4.78 is 0. The molecule has 1 N–H and O–H groups in total. The van der Waals surface area contributed by atoms with Crippen LogP contribution in [-0.2, 0) is 5.41 Å². The first-order chi connectivity index (χ1) is 9.93. The molecule has 1 heterocycles. The number of aromatic nitrogens is 1. The molecule has 2 rings (SSSR count). The number of benzene rings is 1. The van der Waals surface area contributed by atoms with Gasteiger partial charge in [-0.15, -0.1) is 11.3 Å². The summed E-state index contributed by atoms with van der Waals surface area (Å²) in [5.41, 5.74) is 5.97. The molecule has 1 atom stereocenters. The van der Waals surface area contributed by atoms with Crippen LogP contribution in [-0.4, -0.2) is 11.5 Å². The molecule has 1 unspecified atom stereocenters. The van der Waals surface area contributed by atoms with Crippen molar-refractivity contribution >= 4 is 11.3 Å². The van der Waals surface area contributed by atoms with Crippen LogP contribution in [0.15, 0.2) is 29.8 Å². The van der Waals surface area contributed by atoms with Crippen molar-refractivity contribution in [2.45, 2.75) is 52.5 Å². The maximum atomic E-state index is 4.41. The minimum absolute atomic E-state index is 0.200. The number of hydrogen-bond acceptors (Lipinski definition) is 3. The van der Waals surface area contributed by atoms with E-state index < -0.39 is 0 Å². The van der Waals surface area contributed by atoms with E-state index in [2.05, 4.69) is 69.2 Å². The molecule has 0 saturated heterocycles. The molecule has 0 bridgehead atoms. The Labute approximate surface area is 132 Å². The zero-order chi connectivity index (χ0) is 15.5. The standard InChI is InChI=1S/C18H26N2S/c1-6-11-19-16(17-13(2)20-12-21-17)14-7-9-15(10-8-14)18(3,4)5/h7-10,12,16,19H,6,11H2,1-5H3. The highest BCUT2D eigenvalue weighted by molar-refractivity contribution is 7.09.